The molecule has 0 spiro atoms. The quantitative estimate of drug-likeness (QED) is 0.416. The number of amides is 1. The molecule has 0 fully saturated rings. The van der Waals surface area contributed by atoms with E-state index >= 15 is 0 Å². The number of carbonyl (C=O) groups excluding carboxylic acids is 1. The normalized spacial score (nSPS) is 11.5. The van der Waals surface area contributed by atoms with Crippen LogP contribution in [-0.4, -0.2) is 37.4 Å². The fourth-order valence-corrected chi connectivity index (χ4v) is 4.40. The highest BCUT2D eigenvalue weighted by atomic mass is 32.1. The molecule has 3 heterocycles. The maximum Gasteiger partial charge on any atom is 0.227 e. The van der Waals surface area contributed by atoms with Crippen LogP contribution < -0.4 is 0 Å². The van der Waals surface area contributed by atoms with E-state index in [1.807, 2.05) is 26.1 Å². The first-order chi connectivity index (χ1) is 14.8. The minimum atomic E-state index is 0.0299. The second kappa shape index (κ2) is 8.63. The van der Waals surface area contributed by atoms with E-state index in [4.69, 9.17) is 4.52 Å². The largest absolute Gasteiger partial charge is 0.340 e. The summed E-state index contributed by atoms with van der Waals surface area (Å²) in [5.41, 5.74) is 4.18. The number of aryl methyl sites for hydroxylation is 3. The first-order valence-electron chi connectivity index (χ1n) is 10.4. The maximum absolute atomic E-state index is 12.7. The monoisotopic (exact) mass is 437 g/mol. The van der Waals surface area contributed by atoms with E-state index in [2.05, 4.69) is 58.6 Å². The lowest BCUT2D eigenvalue weighted by atomic mass is 10.0. The molecule has 0 atom stereocenters. The van der Waals surface area contributed by atoms with Crippen molar-refractivity contribution in [3.63, 3.8) is 0 Å². The van der Waals surface area contributed by atoms with Crippen molar-refractivity contribution < 1.29 is 9.32 Å². The average molecular weight is 438 g/mol. The van der Waals surface area contributed by atoms with E-state index in [0.717, 1.165) is 21.9 Å². The Morgan fingerprint density at radius 1 is 1.19 bits per heavy atom. The highest BCUT2D eigenvalue weighted by molar-refractivity contribution is 7.17. The van der Waals surface area contributed by atoms with Crippen LogP contribution in [-0.2, 0) is 17.8 Å². The Hall–Kier alpha value is -3.00. The van der Waals surface area contributed by atoms with Gasteiger partial charge in [-0.25, -0.2) is 4.98 Å². The van der Waals surface area contributed by atoms with E-state index in [9.17, 15) is 4.79 Å². The second-order valence-electron chi connectivity index (χ2n) is 8.18. The third-order valence-corrected chi connectivity index (χ3v) is 6.31. The molecule has 0 saturated carbocycles. The molecule has 0 aliphatic rings. The van der Waals surface area contributed by atoms with Gasteiger partial charge >= 0.3 is 0 Å². The van der Waals surface area contributed by atoms with Crippen LogP contribution in [0.25, 0.3) is 16.3 Å². The molecule has 3 aromatic heterocycles. The van der Waals surface area contributed by atoms with Gasteiger partial charge in [0.1, 0.15) is 0 Å². The number of aromatic nitrogens is 4. The highest BCUT2D eigenvalue weighted by Gasteiger charge is 2.17. The molecule has 31 heavy (non-hydrogen) atoms. The smallest absolute Gasteiger partial charge is 0.227 e. The van der Waals surface area contributed by atoms with Crippen molar-refractivity contribution in [1.29, 1.82) is 0 Å². The Bertz CT molecular complexity index is 1200. The fraction of sp³-hybridized carbons (Fsp3) is 0.391. The van der Waals surface area contributed by atoms with Gasteiger partial charge in [-0.15, -0.1) is 11.3 Å². The number of rotatable bonds is 7. The van der Waals surface area contributed by atoms with Crippen LogP contribution in [0.4, 0.5) is 0 Å². The second-order valence-corrected chi connectivity index (χ2v) is 9.39. The van der Waals surface area contributed by atoms with Gasteiger partial charge in [-0.2, -0.15) is 4.98 Å². The van der Waals surface area contributed by atoms with Gasteiger partial charge in [0.2, 0.25) is 17.6 Å². The Balaban J connectivity index is 1.36. The number of fused-ring (bicyclic) bond motifs is 1. The first kappa shape index (κ1) is 21.2. The van der Waals surface area contributed by atoms with Crippen LogP contribution in [0.15, 0.2) is 35.0 Å². The molecule has 0 saturated heterocycles. The van der Waals surface area contributed by atoms with Gasteiger partial charge in [0.05, 0.1) is 17.9 Å². The van der Waals surface area contributed by atoms with Gasteiger partial charge < -0.3 is 9.42 Å². The zero-order valence-corrected chi connectivity index (χ0v) is 19.4. The van der Waals surface area contributed by atoms with Gasteiger partial charge in [-0.05, 0) is 25.3 Å². The molecule has 1 amide bonds. The van der Waals surface area contributed by atoms with E-state index in [-0.39, 0.29) is 5.91 Å². The molecule has 7 nitrogen and oxygen atoms in total. The number of nitrogens with zero attached hydrogens (tertiary/aromatic N) is 5. The number of thiazole rings is 1. The molecule has 4 rings (SSSR count). The van der Waals surface area contributed by atoms with Crippen molar-refractivity contribution in [1.82, 2.24) is 24.4 Å². The van der Waals surface area contributed by atoms with Crippen molar-refractivity contribution in [3.05, 3.63) is 58.2 Å². The summed E-state index contributed by atoms with van der Waals surface area (Å²) in [4.78, 5) is 25.6. The number of hydrogen-bond donors (Lipinski definition) is 0. The van der Waals surface area contributed by atoms with Crippen LogP contribution in [0, 0.1) is 13.8 Å². The lowest BCUT2D eigenvalue weighted by Crippen LogP contribution is -2.27. The molecule has 162 valence electrons. The van der Waals surface area contributed by atoms with Crippen LogP contribution in [0.5, 0.6) is 0 Å². The molecule has 4 aromatic rings. The molecular weight excluding hydrogens is 410 g/mol. The lowest BCUT2D eigenvalue weighted by Gasteiger charge is -2.16. The van der Waals surface area contributed by atoms with Crippen LogP contribution in [0.2, 0.25) is 0 Å². The van der Waals surface area contributed by atoms with Gasteiger partial charge in [-0.1, -0.05) is 43.3 Å². The highest BCUT2D eigenvalue weighted by Crippen LogP contribution is 2.23. The van der Waals surface area contributed by atoms with Gasteiger partial charge in [-0.3, -0.25) is 9.20 Å². The Kier molecular flexibility index (Phi) is 5.91. The summed E-state index contributed by atoms with van der Waals surface area (Å²) in [7, 11) is 1.82. The van der Waals surface area contributed by atoms with Crippen LogP contribution in [0.1, 0.15) is 53.9 Å². The summed E-state index contributed by atoms with van der Waals surface area (Å²) in [6.07, 6.45) is 2.80. The minimum Gasteiger partial charge on any atom is -0.340 e. The summed E-state index contributed by atoms with van der Waals surface area (Å²) < 4.78 is 7.45. The van der Waals surface area contributed by atoms with Crippen molar-refractivity contribution in [3.8, 4) is 11.4 Å². The standard InChI is InChI=1S/C23H27N5O2S/c1-14(2)17-6-8-18(9-7-17)22-25-20(30-26-22)10-11-21(29)27(5)13-19-16(4)24-23-28(19)12-15(3)31-23/h6-9,12,14H,10-11,13H2,1-5H3. The Morgan fingerprint density at radius 2 is 1.94 bits per heavy atom. The van der Waals surface area contributed by atoms with E-state index in [0.29, 0.717) is 37.0 Å². The van der Waals surface area contributed by atoms with E-state index < -0.39 is 0 Å². The van der Waals surface area contributed by atoms with Gasteiger partial charge in [0.15, 0.2) is 4.96 Å². The van der Waals surface area contributed by atoms with E-state index in [1.165, 1.54) is 10.4 Å². The predicted octanol–water partition coefficient (Wildman–Crippen LogP) is 4.78. The van der Waals surface area contributed by atoms with Crippen molar-refractivity contribution in [2.24, 2.45) is 0 Å². The molecule has 0 N–H and O–H groups in total. The average Bonchev–Trinajstić information content (AvgIpc) is 3.42. The molecule has 0 unspecified atom stereocenters. The summed E-state index contributed by atoms with van der Waals surface area (Å²) >= 11 is 1.65. The lowest BCUT2D eigenvalue weighted by molar-refractivity contribution is -0.130. The Labute approximate surface area is 185 Å². The molecule has 0 bridgehead atoms. The van der Waals surface area contributed by atoms with E-state index in [1.54, 1.807) is 16.2 Å². The molecule has 0 aliphatic heterocycles. The summed E-state index contributed by atoms with van der Waals surface area (Å²) in [5, 5.41) is 4.07. The zero-order valence-electron chi connectivity index (χ0n) is 18.5. The molecule has 0 aliphatic carbocycles. The third kappa shape index (κ3) is 4.54. The van der Waals surface area contributed by atoms with Crippen LogP contribution >= 0.6 is 11.3 Å². The third-order valence-electron chi connectivity index (χ3n) is 5.41. The maximum atomic E-state index is 12.7. The molecular formula is C23H27N5O2S. The topological polar surface area (TPSA) is 76.5 Å². The number of imidazole rings is 1. The Morgan fingerprint density at radius 3 is 2.65 bits per heavy atom. The number of benzene rings is 1. The summed E-state index contributed by atoms with van der Waals surface area (Å²) in [6, 6.07) is 8.17. The zero-order chi connectivity index (χ0) is 22.1. The SMILES string of the molecule is Cc1cn2c(CN(C)C(=O)CCc3nc(-c4ccc(C(C)C)cc4)no3)c(C)nc2s1. The first-order valence-corrected chi connectivity index (χ1v) is 11.2. The molecule has 0 radical (unpaired) electrons. The minimum absolute atomic E-state index is 0.0299. The van der Waals surface area contributed by atoms with Crippen molar-refractivity contribution in [2.45, 2.75) is 53.0 Å². The summed E-state index contributed by atoms with van der Waals surface area (Å²) in [5.74, 6) is 1.53. The summed E-state index contributed by atoms with van der Waals surface area (Å²) in [6.45, 7) is 8.88. The number of carbonyl (C=O) groups is 1. The van der Waals surface area contributed by atoms with Crippen LogP contribution in [0.3, 0.4) is 0 Å². The van der Waals surface area contributed by atoms with Gasteiger partial charge in [0, 0.05) is 36.5 Å². The van der Waals surface area contributed by atoms with Crippen molar-refractivity contribution in [2.75, 3.05) is 7.05 Å². The predicted molar refractivity (Wildman–Crippen MR) is 121 cm³/mol. The van der Waals surface area contributed by atoms with Crippen molar-refractivity contribution >= 4 is 22.2 Å². The molecule has 8 heteroatoms. The molecule has 1 aromatic carbocycles. The number of hydrogen-bond acceptors (Lipinski definition) is 6. The van der Waals surface area contributed by atoms with Gasteiger partial charge in [0.25, 0.3) is 0 Å². The fourth-order valence-electron chi connectivity index (χ4n) is 3.51.